The van der Waals surface area contributed by atoms with Gasteiger partial charge in [0, 0.05) is 51.4 Å². The van der Waals surface area contributed by atoms with Crippen LogP contribution in [0.15, 0.2) is 23.2 Å². The van der Waals surface area contributed by atoms with Crippen LogP contribution in [0.4, 0.5) is 5.82 Å². The molecule has 0 N–H and O–H groups in total. The Morgan fingerprint density at radius 3 is 2.43 bits per heavy atom. The molecule has 4 rings (SSSR count). The summed E-state index contributed by atoms with van der Waals surface area (Å²) in [4.78, 5) is 21.7. The third-order valence-corrected chi connectivity index (χ3v) is 8.35. The number of likely N-dealkylation sites (tertiary alicyclic amines) is 1. The average molecular weight is 437 g/mol. The molecule has 4 heterocycles. The number of nitrogens with zero attached hydrogens (tertiary/aromatic N) is 4. The van der Waals surface area contributed by atoms with E-state index in [0.29, 0.717) is 38.1 Å². The summed E-state index contributed by atoms with van der Waals surface area (Å²) >= 11 is 0. The molecule has 0 bridgehead atoms. The Hall–Kier alpha value is -1.71. The van der Waals surface area contributed by atoms with E-state index in [2.05, 4.69) is 21.7 Å². The van der Waals surface area contributed by atoms with E-state index < -0.39 is 10.0 Å². The van der Waals surface area contributed by atoms with Crippen LogP contribution >= 0.6 is 0 Å². The maximum Gasteiger partial charge on any atom is 0.244 e. The molecular weight excluding hydrogens is 404 g/mol. The summed E-state index contributed by atoms with van der Waals surface area (Å²) in [6.45, 7) is 7.14. The number of carbonyl (C=O) groups excluding carboxylic acids is 1. The van der Waals surface area contributed by atoms with Crippen LogP contribution in [0.5, 0.6) is 0 Å². The standard InChI is InChI=1S/C21H32N4O4S/c1-17-3-2-8-24(16-17)21(26)18-6-9-23(10-7-18)20-5-4-19(15-22-20)30(27,28)25-11-13-29-14-12-25/h4-5,15,17-18H,2-3,6-14,16H2,1H3. The normalized spacial score (nSPS) is 24.8. The van der Waals surface area contributed by atoms with Crippen molar-refractivity contribution in [3.8, 4) is 0 Å². The van der Waals surface area contributed by atoms with Crippen molar-refractivity contribution in [2.45, 2.75) is 37.5 Å². The molecule has 3 saturated heterocycles. The van der Waals surface area contributed by atoms with Gasteiger partial charge in [-0.1, -0.05) is 6.92 Å². The Morgan fingerprint density at radius 2 is 1.80 bits per heavy atom. The van der Waals surface area contributed by atoms with E-state index >= 15 is 0 Å². The molecule has 1 amide bonds. The largest absolute Gasteiger partial charge is 0.379 e. The molecule has 1 aromatic rings. The van der Waals surface area contributed by atoms with Gasteiger partial charge in [0.1, 0.15) is 10.7 Å². The van der Waals surface area contributed by atoms with Crippen LogP contribution in [-0.4, -0.2) is 81.0 Å². The van der Waals surface area contributed by atoms with Crippen LogP contribution in [-0.2, 0) is 19.6 Å². The summed E-state index contributed by atoms with van der Waals surface area (Å²) in [5.41, 5.74) is 0. The second-order valence-electron chi connectivity index (χ2n) is 8.66. The highest BCUT2D eigenvalue weighted by molar-refractivity contribution is 7.89. The van der Waals surface area contributed by atoms with Gasteiger partial charge < -0.3 is 14.5 Å². The smallest absolute Gasteiger partial charge is 0.244 e. The molecule has 8 nitrogen and oxygen atoms in total. The van der Waals surface area contributed by atoms with E-state index in [9.17, 15) is 13.2 Å². The minimum absolute atomic E-state index is 0.0903. The quantitative estimate of drug-likeness (QED) is 0.713. The minimum atomic E-state index is -3.52. The monoisotopic (exact) mass is 436 g/mol. The van der Waals surface area contributed by atoms with E-state index in [1.165, 1.54) is 16.9 Å². The number of morpholine rings is 1. The van der Waals surface area contributed by atoms with Crippen molar-refractivity contribution >= 4 is 21.7 Å². The minimum Gasteiger partial charge on any atom is -0.379 e. The average Bonchev–Trinajstić information content (AvgIpc) is 2.79. The molecule has 3 fully saturated rings. The first-order valence-corrected chi connectivity index (χ1v) is 12.5. The molecule has 0 saturated carbocycles. The highest BCUT2D eigenvalue weighted by Gasteiger charge is 2.31. The van der Waals surface area contributed by atoms with Gasteiger partial charge in [-0.2, -0.15) is 4.31 Å². The maximum atomic E-state index is 12.9. The van der Waals surface area contributed by atoms with Crippen molar-refractivity contribution in [1.29, 1.82) is 0 Å². The van der Waals surface area contributed by atoms with Gasteiger partial charge in [0.25, 0.3) is 0 Å². The zero-order valence-electron chi connectivity index (χ0n) is 17.7. The summed E-state index contributed by atoms with van der Waals surface area (Å²) in [5, 5.41) is 0. The van der Waals surface area contributed by atoms with Crippen molar-refractivity contribution in [2.75, 3.05) is 57.4 Å². The van der Waals surface area contributed by atoms with Gasteiger partial charge in [0.05, 0.1) is 13.2 Å². The predicted molar refractivity (Wildman–Crippen MR) is 114 cm³/mol. The number of piperidine rings is 2. The summed E-state index contributed by atoms with van der Waals surface area (Å²) < 4.78 is 32.2. The van der Waals surface area contributed by atoms with Gasteiger partial charge in [-0.3, -0.25) is 4.79 Å². The third kappa shape index (κ3) is 4.63. The molecule has 166 valence electrons. The van der Waals surface area contributed by atoms with E-state index in [0.717, 1.165) is 51.3 Å². The number of ether oxygens (including phenoxy) is 1. The molecule has 1 aromatic heterocycles. The molecule has 30 heavy (non-hydrogen) atoms. The summed E-state index contributed by atoms with van der Waals surface area (Å²) in [7, 11) is -3.52. The molecule has 0 radical (unpaired) electrons. The zero-order chi connectivity index (χ0) is 21.1. The summed E-state index contributed by atoms with van der Waals surface area (Å²) in [6, 6.07) is 3.42. The Kier molecular flexibility index (Phi) is 6.60. The van der Waals surface area contributed by atoms with Gasteiger partial charge in [-0.05, 0) is 43.7 Å². The lowest BCUT2D eigenvalue weighted by Crippen LogP contribution is -2.46. The summed E-state index contributed by atoms with van der Waals surface area (Å²) in [5.74, 6) is 1.77. The van der Waals surface area contributed by atoms with Gasteiger partial charge in [-0.25, -0.2) is 13.4 Å². The molecule has 1 atom stereocenters. The summed E-state index contributed by atoms with van der Waals surface area (Å²) in [6.07, 6.45) is 5.41. The van der Waals surface area contributed by atoms with Crippen molar-refractivity contribution in [1.82, 2.24) is 14.2 Å². The first kappa shape index (κ1) is 21.5. The number of amides is 1. The van der Waals surface area contributed by atoms with Gasteiger partial charge in [0.2, 0.25) is 15.9 Å². The molecule has 0 aliphatic carbocycles. The van der Waals surface area contributed by atoms with E-state index in [-0.39, 0.29) is 10.8 Å². The number of rotatable bonds is 4. The SMILES string of the molecule is CC1CCCN(C(=O)C2CCN(c3ccc(S(=O)(=O)N4CCOCC4)cn3)CC2)C1. The zero-order valence-corrected chi connectivity index (χ0v) is 18.5. The van der Waals surface area contributed by atoms with Gasteiger partial charge in [-0.15, -0.1) is 0 Å². The molecule has 0 spiro atoms. The lowest BCUT2D eigenvalue weighted by Gasteiger charge is -2.37. The fourth-order valence-corrected chi connectivity index (χ4v) is 6.01. The Labute approximate surface area is 179 Å². The first-order valence-electron chi connectivity index (χ1n) is 11.0. The number of anilines is 1. The predicted octanol–water partition coefficient (Wildman–Crippen LogP) is 1.58. The fourth-order valence-electron chi connectivity index (χ4n) is 4.65. The molecular formula is C21H32N4O4S. The molecule has 3 aliphatic heterocycles. The van der Waals surface area contributed by atoms with Gasteiger partial charge >= 0.3 is 0 Å². The Morgan fingerprint density at radius 1 is 1.07 bits per heavy atom. The Balaban J connectivity index is 1.34. The molecule has 3 aliphatic rings. The molecule has 9 heteroatoms. The van der Waals surface area contributed by atoms with Crippen LogP contribution in [0.25, 0.3) is 0 Å². The number of hydrogen-bond acceptors (Lipinski definition) is 6. The number of carbonyl (C=O) groups is 1. The third-order valence-electron chi connectivity index (χ3n) is 6.47. The fraction of sp³-hybridized carbons (Fsp3) is 0.714. The second-order valence-corrected chi connectivity index (χ2v) is 10.6. The second kappa shape index (κ2) is 9.20. The van der Waals surface area contributed by atoms with Crippen LogP contribution in [0, 0.1) is 11.8 Å². The van der Waals surface area contributed by atoms with Gasteiger partial charge in [0.15, 0.2) is 0 Å². The maximum absolute atomic E-state index is 12.9. The number of hydrogen-bond donors (Lipinski definition) is 0. The number of sulfonamides is 1. The van der Waals surface area contributed by atoms with Crippen molar-refractivity contribution in [3.63, 3.8) is 0 Å². The van der Waals surface area contributed by atoms with Crippen LogP contribution in [0.2, 0.25) is 0 Å². The highest BCUT2D eigenvalue weighted by atomic mass is 32.2. The van der Waals surface area contributed by atoms with E-state index in [1.807, 2.05) is 0 Å². The highest BCUT2D eigenvalue weighted by Crippen LogP contribution is 2.26. The van der Waals surface area contributed by atoms with Crippen LogP contribution in [0.3, 0.4) is 0 Å². The molecule has 0 aromatic carbocycles. The lowest BCUT2D eigenvalue weighted by atomic mass is 9.93. The Bertz CT molecular complexity index is 831. The number of pyridine rings is 1. The lowest BCUT2D eigenvalue weighted by molar-refractivity contribution is -0.137. The van der Waals surface area contributed by atoms with Crippen LogP contribution in [0.1, 0.15) is 32.6 Å². The van der Waals surface area contributed by atoms with E-state index in [4.69, 9.17) is 4.74 Å². The number of aromatic nitrogens is 1. The van der Waals surface area contributed by atoms with E-state index in [1.54, 1.807) is 12.1 Å². The van der Waals surface area contributed by atoms with Crippen molar-refractivity contribution in [2.24, 2.45) is 11.8 Å². The topological polar surface area (TPSA) is 83.1 Å². The van der Waals surface area contributed by atoms with Crippen molar-refractivity contribution in [3.05, 3.63) is 18.3 Å². The molecule has 1 unspecified atom stereocenters. The first-order chi connectivity index (χ1) is 14.4. The van der Waals surface area contributed by atoms with Crippen molar-refractivity contribution < 1.29 is 17.9 Å². The van der Waals surface area contributed by atoms with Crippen LogP contribution < -0.4 is 4.90 Å².